The second-order valence-electron chi connectivity index (χ2n) is 2.87. The quantitative estimate of drug-likeness (QED) is 0.263. The van der Waals surface area contributed by atoms with Crippen LogP contribution in [-0.4, -0.2) is 57.7 Å². The number of hydrogen-bond donors (Lipinski definition) is 4. The Morgan fingerprint density at radius 2 is 1.67 bits per heavy atom. The van der Waals surface area contributed by atoms with Gasteiger partial charge < -0.3 is 39.3 Å². The van der Waals surface area contributed by atoms with E-state index < -0.39 is 45.1 Å². The van der Waals surface area contributed by atoms with Crippen molar-refractivity contribution in [1.29, 1.82) is 0 Å². The van der Waals surface area contributed by atoms with Crippen LogP contribution >= 0.6 is 7.82 Å². The molecule has 0 radical (unpaired) electrons. The van der Waals surface area contributed by atoms with E-state index in [-0.39, 0.29) is 59.1 Å². The predicted molar refractivity (Wildman–Crippen MR) is 43.7 cm³/mol. The van der Waals surface area contributed by atoms with Gasteiger partial charge in [0.2, 0.25) is 0 Å². The Morgan fingerprint density at radius 3 is 2.00 bits per heavy atom. The van der Waals surface area contributed by atoms with E-state index in [9.17, 15) is 19.1 Å². The third-order valence-electron chi connectivity index (χ3n) is 1.60. The molecule has 0 amide bonds. The Hall–Kier alpha value is 1.62. The van der Waals surface area contributed by atoms with E-state index in [0.717, 1.165) is 0 Å². The van der Waals surface area contributed by atoms with Crippen molar-refractivity contribution in [2.75, 3.05) is 13.2 Å². The van der Waals surface area contributed by atoms with E-state index in [0.29, 0.717) is 0 Å². The topological polar surface area (TPSA) is 170 Å². The Balaban J connectivity index is -0.00000112. The maximum Gasteiger partial charge on any atom is 1.00 e. The van der Waals surface area contributed by atoms with Crippen molar-refractivity contribution in [3.63, 3.8) is 0 Å². The summed E-state index contributed by atoms with van der Waals surface area (Å²) in [6.45, 7) is -2.16. The van der Waals surface area contributed by atoms with Gasteiger partial charge in [-0.25, -0.2) is 0 Å². The van der Waals surface area contributed by atoms with Crippen LogP contribution in [0.25, 0.3) is 0 Å². The summed E-state index contributed by atoms with van der Waals surface area (Å²) < 4.78 is 13.5. The van der Waals surface area contributed by atoms with Crippen LogP contribution in [0.3, 0.4) is 0 Å². The number of aliphatic hydroxyl groups is 4. The van der Waals surface area contributed by atoms with Crippen molar-refractivity contribution in [2.24, 2.45) is 0 Å². The summed E-state index contributed by atoms with van der Waals surface area (Å²) >= 11 is 0. The van der Waals surface area contributed by atoms with Crippen molar-refractivity contribution < 1.29 is 103 Å². The fourth-order valence-corrected chi connectivity index (χ4v) is 1.02. The molecule has 0 bridgehead atoms. The van der Waals surface area contributed by atoms with Gasteiger partial charge in [-0.2, -0.15) is 0 Å². The van der Waals surface area contributed by atoms with Crippen LogP contribution in [-0.2, 0) is 13.9 Å². The molecule has 0 aliphatic heterocycles. The van der Waals surface area contributed by atoms with E-state index in [4.69, 9.17) is 20.4 Å². The Labute approximate surface area is 147 Å². The average Bonchev–Trinajstić information content (AvgIpc) is 2.21. The van der Waals surface area contributed by atoms with E-state index in [1.807, 2.05) is 0 Å². The molecular formula is C6H11Na2O9P. The molecule has 0 aromatic rings. The molecule has 4 N–H and O–H groups in total. The summed E-state index contributed by atoms with van der Waals surface area (Å²) in [6, 6.07) is 0. The zero-order valence-electron chi connectivity index (χ0n) is 9.92. The summed E-state index contributed by atoms with van der Waals surface area (Å²) in [5.74, 6) is -1.31. The van der Waals surface area contributed by atoms with Gasteiger partial charge in [0.25, 0.3) is 0 Å². The summed E-state index contributed by atoms with van der Waals surface area (Å²) in [7, 11) is -5.35. The number of phosphoric ester groups is 1. The zero-order chi connectivity index (χ0) is 12.9. The van der Waals surface area contributed by atoms with Gasteiger partial charge in [0.15, 0.2) is 5.78 Å². The first-order chi connectivity index (χ1) is 7.19. The molecule has 3 atom stereocenters. The molecule has 0 saturated heterocycles. The van der Waals surface area contributed by atoms with Crippen LogP contribution < -0.4 is 68.9 Å². The second-order valence-corrected chi connectivity index (χ2v) is 4.02. The first-order valence-electron chi connectivity index (χ1n) is 4.03. The van der Waals surface area contributed by atoms with Crippen molar-refractivity contribution in [3.8, 4) is 0 Å². The first kappa shape index (κ1) is 24.6. The summed E-state index contributed by atoms with van der Waals surface area (Å²) in [6.07, 6.45) is -5.93. The van der Waals surface area contributed by atoms with Gasteiger partial charge in [0.1, 0.15) is 24.9 Å². The smallest absolute Gasteiger partial charge is 0.790 e. The number of phosphoric acid groups is 1. The van der Waals surface area contributed by atoms with Gasteiger partial charge in [-0.1, -0.05) is 0 Å². The van der Waals surface area contributed by atoms with Crippen LogP contribution in [0, 0.1) is 0 Å². The van der Waals surface area contributed by atoms with Gasteiger partial charge in [-0.15, -0.1) is 0 Å². The molecule has 0 aromatic carbocycles. The minimum absolute atomic E-state index is 0. The number of hydrogen-bond acceptors (Lipinski definition) is 9. The van der Waals surface area contributed by atoms with Crippen LogP contribution in [0.5, 0.6) is 0 Å². The summed E-state index contributed by atoms with van der Waals surface area (Å²) in [5, 5.41) is 35.3. The number of aliphatic hydroxyl groups excluding tert-OH is 4. The number of carbonyl (C=O) groups is 1. The summed E-state index contributed by atoms with van der Waals surface area (Å²) in [5.41, 5.74) is 0. The molecule has 18 heavy (non-hydrogen) atoms. The molecule has 0 saturated carbocycles. The molecule has 96 valence electrons. The molecule has 12 heteroatoms. The van der Waals surface area contributed by atoms with Crippen LogP contribution in [0.15, 0.2) is 0 Å². The van der Waals surface area contributed by atoms with E-state index in [1.165, 1.54) is 0 Å². The summed E-state index contributed by atoms with van der Waals surface area (Å²) in [4.78, 5) is 30.9. The molecule has 0 heterocycles. The molecule has 0 aliphatic rings. The average molecular weight is 304 g/mol. The van der Waals surface area contributed by atoms with Crippen molar-refractivity contribution in [1.82, 2.24) is 0 Å². The molecule has 0 aliphatic carbocycles. The monoisotopic (exact) mass is 304 g/mol. The Bertz CT molecular complexity index is 282. The molecular weight excluding hydrogens is 293 g/mol. The van der Waals surface area contributed by atoms with Gasteiger partial charge in [0.05, 0.1) is 14.4 Å². The Morgan fingerprint density at radius 1 is 1.22 bits per heavy atom. The van der Waals surface area contributed by atoms with E-state index in [1.54, 1.807) is 0 Å². The first-order valence-corrected chi connectivity index (χ1v) is 5.49. The van der Waals surface area contributed by atoms with Crippen LogP contribution in [0.4, 0.5) is 0 Å². The largest absolute Gasteiger partial charge is 1.00 e. The third kappa shape index (κ3) is 10.4. The maximum absolute atomic E-state index is 10.9. The van der Waals surface area contributed by atoms with Gasteiger partial charge in [-0.3, -0.25) is 4.79 Å². The van der Waals surface area contributed by atoms with E-state index in [2.05, 4.69) is 4.52 Å². The minimum Gasteiger partial charge on any atom is -0.790 e. The van der Waals surface area contributed by atoms with Crippen molar-refractivity contribution in [3.05, 3.63) is 0 Å². The fourth-order valence-electron chi connectivity index (χ4n) is 0.737. The molecule has 0 rings (SSSR count). The van der Waals surface area contributed by atoms with Crippen molar-refractivity contribution >= 4 is 13.6 Å². The van der Waals surface area contributed by atoms with E-state index >= 15 is 0 Å². The molecule has 0 aromatic heterocycles. The molecule has 0 unspecified atom stereocenters. The minimum atomic E-state index is -5.35. The van der Waals surface area contributed by atoms with Crippen molar-refractivity contribution in [2.45, 2.75) is 18.3 Å². The number of ketones is 1. The standard InChI is InChI=1S/C6H13O9P.2Na/c7-1-3(8)5(10)6(11)4(9)2-15-16(12,13)14;;/h3,5-8,10-11H,1-2H2,(H2,12,13,14);;/q;2*+1/p-2/t3-,5+,6+;;/m1../s1. The third-order valence-corrected chi connectivity index (χ3v) is 2.04. The SMILES string of the molecule is O=C(COP(=O)([O-])[O-])[C@H](O)[C@@H](O)[C@H](O)CO.[Na+].[Na+]. The van der Waals surface area contributed by atoms with Crippen LogP contribution in [0.1, 0.15) is 0 Å². The van der Waals surface area contributed by atoms with Gasteiger partial charge >= 0.3 is 59.1 Å². The second kappa shape index (κ2) is 11.3. The maximum atomic E-state index is 10.9. The molecule has 0 spiro atoms. The number of rotatable bonds is 7. The Kier molecular flexibility index (Phi) is 15.5. The zero-order valence-corrected chi connectivity index (χ0v) is 14.8. The normalized spacial score (nSPS) is 15.9. The van der Waals surface area contributed by atoms with Crippen LogP contribution in [0.2, 0.25) is 0 Å². The molecule has 0 fully saturated rings. The van der Waals surface area contributed by atoms with Gasteiger partial charge in [-0.05, 0) is 0 Å². The number of Topliss-reactive ketones (excluding diaryl/α,β-unsaturated/α-hetero) is 1. The number of carbonyl (C=O) groups excluding carboxylic acids is 1. The fraction of sp³-hybridized carbons (Fsp3) is 0.833. The molecule has 9 nitrogen and oxygen atoms in total. The van der Waals surface area contributed by atoms with Gasteiger partial charge in [0, 0.05) is 0 Å². The predicted octanol–water partition coefficient (Wildman–Crippen LogP) is -10.5.